The smallest absolute Gasteiger partial charge is 0.213 e. The summed E-state index contributed by atoms with van der Waals surface area (Å²) in [6.45, 7) is 0. The normalized spacial score (nSPS) is 19.5. The standard InChI is InChI=1S/C26H18BrClN2O/c27-20-9-7-17(8-10-20)26-30-24(22-14-21(28)11-12-25(22)31-26)15-23(29-30)19-6-5-16-3-1-2-4-18(16)13-19/h1-14,24,26H,15H2. The van der Waals surface area contributed by atoms with Crippen LogP contribution >= 0.6 is 27.5 Å². The number of hydrogen-bond acceptors (Lipinski definition) is 3. The van der Waals surface area contributed by atoms with Gasteiger partial charge in [0.2, 0.25) is 6.23 Å². The molecule has 3 nitrogen and oxygen atoms in total. The van der Waals surface area contributed by atoms with Crippen LogP contribution in [0, 0.1) is 0 Å². The molecular formula is C26H18BrClN2O. The first-order valence-corrected chi connectivity index (χ1v) is 11.4. The first-order valence-electron chi connectivity index (χ1n) is 10.2. The zero-order valence-corrected chi connectivity index (χ0v) is 18.8. The lowest BCUT2D eigenvalue weighted by Crippen LogP contribution is -2.33. The highest BCUT2D eigenvalue weighted by Crippen LogP contribution is 2.48. The van der Waals surface area contributed by atoms with Crippen molar-refractivity contribution in [3.63, 3.8) is 0 Å². The van der Waals surface area contributed by atoms with Crippen molar-refractivity contribution in [3.05, 3.63) is 111 Å². The lowest BCUT2D eigenvalue weighted by atomic mass is 9.95. The maximum atomic E-state index is 6.43. The molecular weight excluding hydrogens is 472 g/mol. The highest BCUT2D eigenvalue weighted by atomic mass is 79.9. The molecule has 0 bridgehead atoms. The molecule has 2 atom stereocenters. The van der Waals surface area contributed by atoms with E-state index < -0.39 is 0 Å². The van der Waals surface area contributed by atoms with Gasteiger partial charge in [0, 0.05) is 27.0 Å². The Balaban J connectivity index is 1.45. The van der Waals surface area contributed by atoms with Crippen LogP contribution in [0.1, 0.15) is 35.4 Å². The molecule has 0 saturated heterocycles. The van der Waals surface area contributed by atoms with Gasteiger partial charge in [-0.25, -0.2) is 5.01 Å². The molecule has 152 valence electrons. The molecule has 2 aliphatic rings. The van der Waals surface area contributed by atoms with Gasteiger partial charge in [-0.05, 0) is 52.7 Å². The molecule has 31 heavy (non-hydrogen) atoms. The van der Waals surface area contributed by atoms with Gasteiger partial charge < -0.3 is 4.74 Å². The van der Waals surface area contributed by atoms with E-state index in [1.807, 2.05) is 30.3 Å². The molecule has 6 rings (SSSR count). The number of hydrogen-bond donors (Lipinski definition) is 0. The van der Waals surface area contributed by atoms with E-state index in [2.05, 4.69) is 75.5 Å². The van der Waals surface area contributed by atoms with E-state index in [-0.39, 0.29) is 12.3 Å². The zero-order valence-electron chi connectivity index (χ0n) is 16.5. The number of benzene rings is 4. The maximum absolute atomic E-state index is 6.43. The van der Waals surface area contributed by atoms with Gasteiger partial charge >= 0.3 is 0 Å². The van der Waals surface area contributed by atoms with Gasteiger partial charge in [0.25, 0.3) is 0 Å². The van der Waals surface area contributed by atoms with Crippen LogP contribution in [0.15, 0.2) is 94.5 Å². The van der Waals surface area contributed by atoms with E-state index in [1.165, 1.54) is 10.8 Å². The molecule has 0 fully saturated rings. The lowest BCUT2D eigenvalue weighted by molar-refractivity contribution is -0.0190. The second kappa shape index (κ2) is 7.40. The van der Waals surface area contributed by atoms with E-state index in [4.69, 9.17) is 21.4 Å². The molecule has 4 aromatic rings. The second-order valence-electron chi connectivity index (χ2n) is 7.91. The summed E-state index contributed by atoms with van der Waals surface area (Å²) >= 11 is 9.86. The molecule has 0 radical (unpaired) electrons. The Morgan fingerprint density at radius 2 is 1.71 bits per heavy atom. The summed E-state index contributed by atoms with van der Waals surface area (Å²) in [4.78, 5) is 0. The summed E-state index contributed by atoms with van der Waals surface area (Å²) in [6.07, 6.45) is 0.520. The fourth-order valence-corrected chi connectivity index (χ4v) is 4.89. The van der Waals surface area contributed by atoms with Crippen LogP contribution in [-0.4, -0.2) is 10.7 Å². The Morgan fingerprint density at radius 1 is 0.903 bits per heavy atom. The third-order valence-electron chi connectivity index (χ3n) is 5.99. The molecule has 4 aromatic carbocycles. The van der Waals surface area contributed by atoms with E-state index in [0.717, 1.165) is 39.0 Å². The van der Waals surface area contributed by atoms with Crippen molar-refractivity contribution in [2.24, 2.45) is 5.10 Å². The highest BCUT2D eigenvalue weighted by molar-refractivity contribution is 9.10. The molecule has 0 amide bonds. The van der Waals surface area contributed by atoms with Crippen molar-refractivity contribution in [1.82, 2.24) is 5.01 Å². The summed E-state index contributed by atoms with van der Waals surface area (Å²) in [5.41, 5.74) is 4.36. The SMILES string of the molecule is Clc1ccc2c(c1)C1CC(c3ccc4ccccc4c3)=NN1C(c1ccc(Br)cc1)O2. The monoisotopic (exact) mass is 488 g/mol. The topological polar surface area (TPSA) is 24.8 Å². The Labute approximate surface area is 194 Å². The number of rotatable bonds is 2. The summed E-state index contributed by atoms with van der Waals surface area (Å²) in [6, 6.07) is 29.1. The van der Waals surface area contributed by atoms with Gasteiger partial charge in [-0.2, -0.15) is 5.10 Å². The molecule has 0 aromatic heterocycles. The minimum absolute atomic E-state index is 0.0811. The number of hydrazone groups is 1. The number of halogens is 2. The zero-order chi connectivity index (χ0) is 20.9. The van der Waals surface area contributed by atoms with Gasteiger partial charge in [-0.3, -0.25) is 0 Å². The Kier molecular flexibility index (Phi) is 4.51. The first-order chi connectivity index (χ1) is 15.2. The van der Waals surface area contributed by atoms with Crippen LogP contribution in [0.3, 0.4) is 0 Å². The van der Waals surface area contributed by atoms with E-state index >= 15 is 0 Å². The minimum atomic E-state index is -0.287. The molecule has 5 heteroatoms. The number of ether oxygens (including phenoxy) is 1. The molecule has 2 heterocycles. The Hall–Kier alpha value is -2.82. The van der Waals surface area contributed by atoms with Crippen molar-refractivity contribution in [2.75, 3.05) is 0 Å². The quantitative estimate of drug-likeness (QED) is 0.291. The Morgan fingerprint density at radius 3 is 2.55 bits per heavy atom. The molecule has 2 unspecified atom stereocenters. The molecule has 0 spiro atoms. The first kappa shape index (κ1) is 18.9. The fourth-order valence-electron chi connectivity index (χ4n) is 4.45. The predicted octanol–water partition coefficient (Wildman–Crippen LogP) is 7.50. The number of nitrogens with zero attached hydrogens (tertiary/aromatic N) is 2. The van der Waals surface area contributed by atoms with E-state index in [0.29, 0.717) is 5.02 Å². The van der Waals surface area contributed by atoms with Crippen LogP contribution in [0.2, 0.25) is 5.02 Å². The van der Waals surface area contributed by atoms with Crippen LogP contribution in [0.4, 0.5) is 0 Å². The highest BCUT2D eigenvalue weighted by Gasteiger charge is 2.41. The van der Waals surface area contributed by atoms with Crippen molar-refractivity contribution in [3.8, 4) is 5.75 Å². The molecule has 0 N–H and O–H groups in total. The average molecular weight is 490 g/mol. The fraction of sp³-hybridized carbons (Fsp3) is 0.115. The third kappa shape index (κ3) is 3.31. The average Bonchev–Trinajstić information content (AvgIpc) is 3.25. The minimum Gasteiger partial charge on any atom is -0.464 e. The Bertz CT molecular complexity index is 1340. The molecule has 0 aliphatic carbocycles. The maximum Gasteiger partial charge on any atom is 0.213 e. The van der Waals surface area contributed by atoms with Gasteiger partial charge in [-0.15, -0.1) is 0 Å². The summed E-state index contributed by atoms with van der Waals surface area (Å²) in [5, 5.41) is 10.3. The lowest BCUT2D eigenvalue weighted by Gasteiger charge is -2.38. The number of fused-ring (bicyclic) bond motifs is 4. The molecule has 0 saturated carbocycles. The summed E-state index contributed by atoms with van der Waals surface area (Å²) < 4.78 is 7.47. The second-order valence-corrected chi connectivity index (χ2v) is 9.26. The van der Waals surface area contributed by atoms with Crippen LogP contribution < -0.4 is 4.74 Å². The van der Waals surface area contributed by atoms with Gasteiger partial charge in [-0.1, -0.05) is 76.1 Å². The van der Waals surface area contributed by atoms with Gasteiger partial charge in [0.15, 0.2) is 0 Å². The van der Waals surface area contributed by atoms with Crippen LogP contribution in [0.25, 0.3) is 10.8 Å². The van der Waals surface area contributed by atoms with Gasteiger partial charge in [0.05, 0.1) is 11.8 Å². The molecule has 2 aliphatic heterocycles. The van der Waals surface area contributed by atoms with Crippen molar-refractivity contribution < 1.29 is 4.74 Å². The van der Waals surface area contributed by atoms with Crippen molar-refractivity contribution in [1.29, 1.82) is 0 Å². The van der Waals surface area contributed by atoms with E-state index in [9.17, 15) is 0 Å². The summed E-state index contributed by atoms with van der Waals surface area (Å²) in [7, 11) is 0. The van der Waals surface area contributed by atoms with Gasteiger partial charge in [0.1, 0.15) is 5.75 Å². The largest absolute Gasteiger partial charge is 0.464 e. The van der Waals surface area contributed by atoms with Crippen molar-refractivity contribution in [2.45, 2.75) is 18.7 Å². The predicted molar refractivity (Wildman–Crippen MR) is 129 cm³/mol. The third-order valence-corrected chi connectivity index (χ3v) is 6.75. The van der Waals surface area contributed by atoms with Crippen LogP contribution in [-0.2, 0) is 0 Å². The summed E-state index contributed by atoms with van der Waals surface area (Å²) in [5.74, 6) is 0.869. The van der Waals surface area contributed by atoms with E-state index in [1.54, 1.807) is 0 Å². The van der Waals surface area contributed by atoms with Crippen LogP contribution in [0.5, 0.6) is 5.75 Å². The van der Waals surface area contributed by atoms with Crippen molar-refractivity contribution >= 4 is 44.0 Å².